The normalized spacial score (nSPS) is 11.3. The van der Waals surface area contributed by atoms with Crippen LogP contribution in [0.25, 0.3) is 11.3 Å². The molecule has 0 atom stereocenters. The predicted molar refractivity (Wildman–Crippen MR) is 98.6 cm³/mol. The third kappa shape index (κ3) is 4.46. The van der Waals surface area contributed by atoms with Gasteiger partial charge in [0.2, 0.25) is 0 Å². The molecule has 0 aliphatic rings. The highest BCUT2D eigenvalue weighted by atomic mass is 32.2. The zero-order valence-electron chi connectivity index (χ0n) is 14.1. The fourth-order valence-corrected chi connectivity index (χ4v) is 2.76. The van der Waals surface area contributed by atoms with E-state index in [-0.39, 0.29) is 11.3 Å². The summed E-state index contributed by atoms with van der Waals surface area (Å²) in [5, 5.41) is 2.98. The number of aromatic nitrogens is 2. The summed E-state index contributed by atoms with van der Waals surface area (Å²) in [6.07, 6.45) is -1.30. The molecule has 1 aromatic heterocycles. The van der Waals surface area contributed by atoms with Gasteiger partial charge in [-0.2, -0.15) is 13.2 Å². The van der Waals surface area contributed by atoms with Crippen molar-refractivity contribution < 1.29 is 18.0 Å². The van der Waals surface area contributed by atoms with Crippen molar-refractivity contribution in [2.24, 2.45) is 0 Å². The molecule has 0 fully saturated rings. The number of thioether (sulfide) groups is 1. The molecule has 0 unspecified atom stereocenters. The molecule has 3 aromatic rings. The zero-order chi connectivity index (χ0) is 19.4. The lowest BCUT2D eigenvalue weighted by Gasteiger charge is -2.12. The van der Waals surface area contributed by atoms with Gasteiger partial charge in [0.25, 0.3) is 5.91 Å². The van der Waals surface area contributed by atoms with Crippen LogP contribution in [0.1, 0.15) is 15.9 Å². The highest BCUT2D eigenvalue weighted by molar-refractivity contribution is 7.98. The molecular formula is C19H14F3N3OS. The van der Waals surface area contributed by atoms with E-state index in [1.807, 2.05) is 24.5 Å². The summed E-state index contributed by atoms with van der Waals surface area (Å²) >= 11 is 1.33. The molecule has 0 radical (unpaired) electrons. The number of carbonyl (C=O) groups excluding carboxylic acids is 1. The van der Waals surface area contributed by atoms with Crippen molar-refractivity contribution in [1.29, 1.82) is 0 Å². The van der Waals surface area contributed by atoms with Gasteiger partial charge in [0.05, 0.1) is 16.8 Å². The van der Waals surface area contributed by atoms with Crippen LogP contribution in [-0.4, -0.2) is 22.1 Å². The van der Waals surface area contributed by atoms with Crippen molar-refractivity contribution in [3.63, 3.8) is 0 Å². The van der Waals surface area contributed by atoms with Gasteiger partial charge in [-0.3, -0.25) is 4.79 Å². The van der Waals surface area contributed by atoms with Gasteiger partial charge in [0, 0.05) is 17.4 Å². The van der Waals surface area contributed by atoms with Gasteiger partial charge in [0.1, 0.15) is 0 Å². The lowest BCUT2D eigenvalue weighted by atomic mass is 10.1. The number of hydrogen-bond acceptors (Lipinski definition) is 4. The molecule has 0 spiro atoms. The Bertz CT molecular complexity index is 962. The van der Waals surface area contributed by atoms with E-state index in [0.29, 0.717) is 16.4 Å². The standard InChI is InChI=1S/C19H14F3N3OS/c1-27-18-23-11-15(16(25-18)12-6-3-2-4-7-12)17(26)24-14-9-5-8-13(10-14)19(20,21)22/h2-11H,1H3,(H,24,26). The number of alkyl halides is 3. The zero-order valence-corrected chi connectivity index (χ0v) is 14.9. The fourth-order valence-electron chi connectivity index (χ4n) is 2.42. The molecular weight excluding hydrogens is 375 g/mol. The average molecular weight is 389 g/mol. The van der Waals surface area contributed by atoms with Crippen molar-refractivity contribution in [2.45, 2.75) is 11.3 Å². The third-order valence-corrected chi connectivity index (χ3v) is 4.25. The maximum atomic E-state index is 12.9. The quantitative estimate of drug-likeness (QED) is 0.496. The Morgan fingerprint density at radius 1 is 1.07 bits per heavy atom. The molecule has 4 nitrogen and oxygen atoms in total. The molecule has 1 N–H and O–H groups in total. The Kier molecular flexibility index (Phi) is 5.46. The lowest BCUT2D eigenvalue weighted by molar-refractivity contribution is -0.137. The molecule has 0 saturated carbocycles. The van der Waals surface area contributed by atoms with Gasteiger partial charge in [-0.1, -0.05) is 48.2 Å². The van der Waals surface area contributed by atoms with Crippen molar-refractivity contribution >= 4 is 23.4 Å². The van der Waals surface area contributed by atoms with Crippen molar-refractivity contribution in [2.75, 3.05) is 11.6 Å². The van der Waals surface area contributed by atoms with Crippen LogP contribution in [0, 0.1) is 0 Å². The fraction of sp³-hybridized carbons (Fsp3) is 0.105. The molecule has 3 rings (SSSR count). The molecule has 2 aromatic carbocycles. The number of rotatable bonds is 4. The minimum atomic E-state index is -4.49. The van der Waals surface area contributed by atoms with Gasteiger partial charge in [-0.25, -0.2) is 9.97 Å². The Labute approximate surface area is 157 Å². The maximum Gasteiger partial charge on any atom is 0.416 e. The number of carbonyl (C=O) groups is 1. The number of nitrogens with one attached hydrogen (secondary N) is 1. The summed E-state index contributed by atoms with van der Waals surface area (Å²) < 4.78 is 38.6. The van der Waals surface area contributed by atoms with E-state index in [2.05, 4.69) is 15.3 Å². The molecule has 0 aliphatic heterocycles. The van der Waals surface area contributed by atoms with Gasteiger partial charge >= 0.3 is 6.18 Å². The molecule has 1 amide bonds. The van der Waals surface area contributed by atoms with Crippen molar-refractivity contribution in [3.05, 3.63) is 71.9 Å². The summed E-state index contributed by atoms with van der Waals surface area (Å²) in [5.41, 5.74) is 0.514. The van der Waals surface area contributed by atoms with Crippen LogP contribution in [0.2, 0.25) is 0 Å². The highest BCUT2D eigenvalue weighted by Crippen LogP contribution is 2.31. The summed E-state index contributed by atoms with van der Waals surface area (Å²) in [5.74, 6) is -0.583. The monoisotopic (exact) mass is 389 g/mol. The van der Waals surface area contributed by atoms with Crippen molar-refractivity contribution in [1.82, 2.24) is 9.97 Å². The van der Waals surface area contributed by atoms with E-state index in [1.165, 1.54) is 30.1 Å². The highest BCUT2D eigenvalue weighted by Gasteiger charge is 2.30. The largest absolute Gasteiger partial charge is 0.416 e. The second kappa shape index (κ2) is 7.79. The minimum absolute atomic E-state index is 0.0442. The first kappa shape index (κ1) is 18.9. The van der Waals surface area contributed by atoms with E-state index in [9.17, 15) is 18.0 Å². The van der Waals surface area contributed by atoms with Crippen LogP contribution in [0.15, 0.2) is 66.0 Å². The number of halogens is 3. The molecule has 27 heavy (non-hydrogen) atoms. The molecule has 0 aliphatic carbocycles. The van der Waals surface area contributed by atoms with Crippen molar-refractivity contribution in [3.8, 4) is 11.3 Å². The second-order valence-corrected chi connectivity index (χ2v) is 6.29. The van der Waals surface area contributed by atoms with E-state index in [1.54, 1.807) is 12.1 Å². The molecule has 0 saturated heterocycles. The van der Waals surface area contributed by atoms with Gasteiger partial charge in [-0.15, -0.1) is 0 Å². The van der Waals surface area contributed by atoms with Crippen LogP contribution in [-0.2, 0) is 6.18 Å². The lowest BCUT2D eigenvalue weighted by Crippen LogP contribution is -2.15. The predicted octanol–water partition coefficient (Wildman–Crippen LogP) is 5.14. The van der Waals surface area contributed by atoms with Gasteiger partial charge < -0.3 is 5.32 Å². The van der Waals surface area contributed by atoms with Gasteiger partial charge in [-0.05, 0) is 24.5 Å². The number of amides is 1. The average Bonchev–Trinajstić information content (AvgIpc) is 2.67. The molecule has 1 heterocycles. The van der Waals surface area contributed by atoms with Crippen LogP contribution in [0.4, 0.5) is 18.9 Å². The smallest absolute Gasteiger partial charge is 0.322 e. The number of benzene rings is 2. The van der Waals surface area contributed by atoms with E-state index in [4.69, 9.17) is 0 Å². The molecule has 0 bridgehead atoms. The second-order valence-electron chi connectivity index (χ2n) is 5.52. The van der Waals surface area contributed by atoms with Crippen LogP contribution >= 0.6 is 11.8 Å². The van der Waals surface area contributed by atoms with Crippen LogP contribution < -0.4 is 5.32 Å². The first-order valence-corrected chi connectivity index (χ1v) is 9.06. The summed E-state index contributed by atoms with van der Waals surface area (Å²) in [7, 11) is 0. The third-order valence-electron chi connectivity index (χ3n) is 3.69. The van der Waals surface area contributed by atoms with E-state index in [0.717, 1.165) is 12.1 Å². The van der Waals surface area contributed by atoms with E-state index < -0.39 is 17.6 Å². The first-order valence-electron chi connectivity index (χ1n) is 7.83. The Balaban J connectivity index is 1.96. The summed E-state index contributed by atoms with van der Waals surface area (Å²) in [6.45, 7) is 0. The number of anilines is 1. The minimum Gasteiger partial charge on any atom is -0.322 e. The number of hydrogen-bond donors (Lipinski definition) is 1. The topological polar surface area (TPSA) is 54.9 Å². The van der Waals surface area contributed by atoms with Gasteiger partial charge in [0.15, 0.2) is 5.16 Å². The Hall–Kier alpha value is -2.87. The summed E-state index contributed by atoms with van der Waals surface area (Å²) in [6, 6.07) is 13.5. The Morgan fingerprint density at radius 3 is 2.48 bits per heavy atom. The SMILES string of the molecule is CSc1ncc(C(=O)Nc2cccc(C(F)(F)F)c2)c(-c2ccccc2)n1. The first-order chi connectivity index (χ1) is 12.9. The summed E-state index contributed by atoms with van der Waals surface area (Å²) in [4.78, 5) is 21.2. The van der Waals surface area contributed by atoms with E-state index >= 15 is 0 Å². The maximum absolute atomic E-state index is 12.9. The number of nitrogens with zero attached hydrogens (tertiary/aromatic N) is 2. The Morgan fingerprint density at radius 2 is 1.81 bits per heavy atom. The van der Waals surface area contributed by atoms with Crippen LogP contribution in [0.3, 0.4) is 0 Å². The van der Waals surface area contributed by atoms with Crippen LogP contribution in [0.5, 0.6) is 0 Å². The molecule has 138 valence electrons. The molecule has 8 heteroatoms.